The first-order valence-corrected chi connectivity index (χ1v) is 9.36. The predicted molar refractivity (Wildman–Crippen MR) is 104 cm³/mol. The van der Waals surface area contributed by atoms with Crippen molar-refractivity contribution >= 4 is 33.4 Å². The minimum absolute atomic E-state index is 0.147. The fourth-order valence-electron chi connectivity index (χ4n) is 2.72. The number of amides is 1. The third kappa shape index (κ3) is 5.04. The van der Waals surface area contributed by atoms with E-state index < -0.39 is 12.0 Å². The Bertz CT molecular complexity index is 904. The third-order valence-corrected chi connectivity index (χ3v) is 5.20. The molecule has 3 rings (SSSR count). The number of ether oxygens (including phenoxy) is 1. The maximum Gasteiger partial charge on any atom is 0.328 e. The maximum absolute atomic E-state index is 12.3. The molecule has 0 spiro atoms. The van der Waals surface area contributed by atoms with Crippen molar-refractivity contribution in [3.05, 3.63) is 59.1 Å². The number of fused-ring (bicyclic) bond motifs is 1. The van der Waals surface area contributed by atoms with Crippen LogP contribution in [0.4, 0.5) is 0 Å². The first-order chi connectivity index (χ1) is 13.0. The summed E-state index contributed by atoms with van der Waals surface area (Å²) in [5.41, 5.74) is 1.74. The van der Waals surface area contributed by atoms with Gasteiger partial charge in [-0.25, -0.2) is 9.78 Å². The number of phenols is 1. The summed E-state index contributed by atoms with van der Waals surface area (Å²) in [4.78, 5) is 28.9. The van der Waals surface area contributed by atoms with Gasteiger partial charge in [-0.2, -0.15) is 0 Å². The number of carbonyl (C=O) groups excluding carboxylic acids is 2. The van der Waals surface area contributed by atoms with E-state index in [-0.39, 0.29) is 18.1 Å². The highest BCUT2D eigenvalue weighted by atomic mass is 32.1. The van der Waals surface area contributed by atoms with E-state index in [1.54, 1.807) is 35.6 Å². The number of para-hydroxylation sites is 1. The summed E-state index contributed by atoms with van der Waals surface area (Å²) in [7, 11) is 1.29. The van der Waals surface area contributed by atoms with E-state index in [2.05, 4.69) is 10.3 Å². The van der Waals surface area contributed by atoms with Crippen molar-refractivity contribution in [2.45, 2.75) is 25.3 Å². The van der Waals surface area contributed by atoms with Crippen molar-refractivity contribution in [1.82, 2.24) is 10.3 Å². The molecular formula is C20H20N2O4S. The van der Waals surface area contributed by atoms with Crippen LogP contribution < -0.4 is 5.32 Å². The molecule has 1 atom stereocenters. The molecule has 0 saturated carbocycles. The van der Waals surface area contributed by atoms with Crippen LogP contribution in [0.5, 0.6) is 5.75 Å². The Labute approximate surface area is 160 Å². The van der Waals surface area contributed by atoms with Gasteiger partial charge in [0, 0.05) is 19.3 Å². The highest BCUT2D eigenvalue weighted by Crippen LogP contribution is 2.22. The molecule has 0 aliphatic heterocycles. The van der Waals surface area contributed by atoms with Gasteiger partial charge in [0.05, 0.1) is 22.3 Å². The van der Waals surface area contributed by atoms with Crippen LogP contribution in [0.3, 0.4) is 0 Å². The summed E-state index contributed by atoms with van der Waals surface area (Å²) < 4.78 is 5.89. The van der Waals surface area contributed by atoms with Crippen LogP contribution in [-0.2, 0) is 27.2 Å². The largest absolute Gasteiger partial charge is 0.508 e. The molecule has 1 heterocycles. The zero-order valence-electron chi connectivity index (χ0n) is 14.8. The number of hydrogen-bond donors (Lipinski definition) is 2. The third-order valence-electron chi connectivity index (χ3n) is 4.10. The molecule has 140 valence electrons. The number of hydrogen-bond acceptors (Lipinski definition) is 6. The first-order valence-electron chi connectivity index (χ1n) is 8.54. The average molecular weight is 384 g/mol. The van der Waals surface area contributed by atoms with E-state index in [0.717, 1.165) is 20.8 Å². The van der Waals surface area contributed by atoms with Crippen molar-refractivity contribution in [2.75, 3.05) is 7.11 Å². The number of nitrogens with zero attached hydrogens (tertiary/aromatic N) is 1. The SMILES string of the molecule is COC(=O)C(Cc1ccc(O)cc1)NC(=O)CCc1nc2ccccc2s1. The lowest BCUT2D eigenvalue weighted by Crippen LogP contribution is -2.43. The second-order valence-corrected chi connectivity index (χ2v) is 7.20. The normalized spacial score (nSPS) is 11.9. The van der Waals surface area contributed by atoms with Gasteiger partial charge in [-0.05, 0) is 29.8 Å². The summed E-state index contributed by atoms with van der Waals surface area (Å²) in [5, 5.41) is 13.0. The van der Waals surface area contributed by atoms with Crippen LogP contribution in [0.1, 0.15) is 17.0 Å². The molecule has 0 saturated heterocycles. The fourth-order valence-corrected chi connectivity index (χ4v) is 3.68. The summed E-state index contributed by atoms with van der Waals surface area (Å²) in [5.74, 6) is -0.590. The zero-order chi connectivity index (χ0) is 19.2. The van der Waals surface area contributed by atoms with Crippen LogP contribution in [-0.4, -0.2) is 35.1 Å². The van der Waals surface area contributed by atoms with Gasteiger partial charge in [0.2, 0.25) is 5.91 Å². The Morgan fingerprint density at radius 3 is 2.63 bits per heavy atom. The predicted octanol–water partition coefficient (Wildman–Crippen LogP) is 2.84. The second kappa shape index (κ2) is 8.64. The van der Waals surface area contributed by atoms with Crippen LogP contribution in [0.15, 0.2) is 48.5 Å². The fraction of sp³-hybridized carbons (Fsp3) is 0.250. The van der Waals surface area contributed by atoms with E-state index in [4.69, 9.17) is 4.74 Å². The molecule has 27 heavy (non-hydrogen) atoms. The van der Waals surface area contributed by atoms with Gasteiger partial charge in [0.15, 0.2) is 0 Å². The van der Waals surface area contributed by atoms with Crippen molar-refractivity contribution in [3.8, 4) is 5.75 Å². The summed E-state index contributed by atoms with van der Waals surface area (Å²) in [6.07, 6.45) is 1.04. The minimum Gasteiger partial charge on any atom is -0.508 e. The Kier molecular flexibility index (Phi) is 6.03. The Hall–Kier alpha value is -2.93. The highest BCUT2D eigenvalue weighted by Gasteiger charge is 2.22. The quantitative estimate of drug-likeness (QED) is 0.612. The number of phenolic OH excluding ortho intramolecular Hbond substituents is 1. The number of rotatable bonds is 7. The topological polar surface area (TPSA) is 88.5 Å². The number of esters is 1. The van der Waals surface area contributed by atoms with E-state index in [1.807, 2.05) is 24.3 Å². The molecule has 0 bridgehead atoms. The van der Waals surface area contributed by atoms with Gasteiger partial charge >= 0.3 is 5.97 Å². The number of aromatic hydroxyl groups is 1. The lowest BCUT2D eigenvalue weighted by Gasteiger charge is -2.16. The molecular weight excluding hydrogens is 364 g/mol. The molecule has 1 aromatic heterocycles. The number of aromatic nitrogens is 1. The molecule has 0 aliphatic carbocycles. The van der Waals surface area contributed by atoms with Crippen LogP contribution >= 0.6 is 11.3 Å². The second-order valence-electron chi connectivity index (χ2n) is 6.09. The van der Waals surface area contributed by atoms with Gasteiger partial charge in [-0.3, -0.25) is 4.79 Å². The number of carbonyl (C=O) groups is 2. The Morgan fingerprint density at radius 2 is 1.93 bits per heavy atom. The number of methoxy groups -OCH3 is 1. The number of aryl methyl sites for hydroxylation is 1. The number of benzene rings is 2. The maximum atomic E-state index is 12.3. The Morgan fingerprint density at radius 1 is 1.19 bits per heavy atom. The molecule has 0 aliphatic rings. The number of thiazole rings is 1. The van der Waals surface area contributed by atoms with Gasteiger partial charge in [0.25, 0.3) is 0 Å². The van der Waals surface area contributed by atoms with Gasteiger partial charge < -0.3 is 15.2 Å². The molecule has 7 heteroatoms. The van der Waals surface area contributed by atoms with Crippen molar-refractivity contribution in [2.24, 2.45) is 0 Å². The summed E-state index contributed by atoms with van der Waals surface area (Å²) >= 11 is 1.57. The molecule has 2 N–H and O–H groups in total. The summed E-state index contributed by atoms with van der Waals surface area (Å²) in [6.45, 7) is 0. The smallest absolute Gasteiger partial charge is 0.328 e. The van der Waals surface area contributed by atoms with Gasteiger partial charge in [-0.1, -0.05) is 24.3 Å². The lowest BCUT2D eigenvalue weighted by molar-refractivity contribution is -0.145. The molecule has 6 nitrogen and oxygen atoms in total. The first kappa shape index (κ1) is 18.8. The van der Waals surface area contributed by atoms with Gasteiger partial charge in [-0.15, -0.1) is 11.3 Å². The van der Waals surface area contributed by atoms with Crippen LogP contribution in [0.2, 0.25) is 0 Å². The number of nitrogens with one attached hydrogen (secondary N) is 1. The summed E-state index contributed by atoms with van der Waals surface area (Å²) in [6, 6.07) is 13.6. The van der Waals surface area contributed by atoms with Crippen molar-refractivity contribution < 1.29 is 19.4 Å². The zero-order valence-corrected chi connectivity index (χ0v) is 15.7. The molecule has 3 aromatic rings. The monoisotopic (exact) mass is 384 g/mol. The average Bonchev–Trinajstić information content (AvgIpc) is 3.10. The van der Waals surface area contributed by atoms with Crippen molar-refractivity contribution in [3.63, 3.8) is 0 Å². The van der Waals surface area contributed by atoms with E-state index in [1.165, 1.54) is 7.11 Å². The molecule has 0 radical (unpaired) electrons. The lowest BCUT2D eigenvalue weighted by atomic mass is 10.1. The van der Waals surface area contributed by atoms with Crippen molar-refractivity contribution in [1.29, 1.82) is 0 Å². The molecule has 1 unspecified atom stereocenters. The Balaban J connectivity index is 1.59. The molecule has 1 amide bonds. The standard InChI is InChI=1S/C20H20N2O4S/c1-26-20(25)16(12-13-6-8-14(23)9-7-13)21-18(24)10-11-19-22-15-4-2-3-5-17(15)27-19/h2-9,16,23H,10-12H2,1H3,(H,21,24). The van der Waals surface area contributed by atoms with E-state index in [9.17, 15) is 14.7 Å². The van der Waals surface area contributed by atoms with Crippen LogP contribution in [0.25, 0.3) is 10.2 Å². The molecule has 2 aromatic carbocycles. The molecule has 0 fully saturated rings. The minimum atomic E-state index is -0.776. The van der Waals surface area contributed by atoms with Gasteiger partial charge in [0.1, 0.15) is 11.8 Å². The van der Waals surface area contributed by atoms with E-state index in [0.29, 0.717) is 12.8 Å². The highest BCUT2D eigenvalue weighted by molar-refractivity contribution is 7.18. The van der Waals surface area contributed by atoms with Crippen LogP contribution in [0, 0.1) is 0 Å². The van der Waals surface area contributed by atoms with E-state index >= 15 is 0 Å².